The Labute approximate surface area is 146 Å². The molecule has 0 fully saturated rings. The van der Waals surface area contributed by atoms with Crippen LogP contribution in [0.2, 0.25) is 0 Å². The molecule has 1 N–H and O–H groups in total. The van der Waals surface area contributed by atoms with Crippen molar-refractivity contribution in [2.45, 2.75) is 31.8 Å². The molecule has 0 saturated heterocycles. The third-order valence-electron chi connectivity index (χ3n) is 5.06. The molecule has 0 spiro atoms. The molecule has 2 aromatic heterocycles. The van der Waals surface area contributed by atoms with Gasteiger partial charge in [0.15, 0.2) is 0 Å². The van der Waals surface area contributed by atoms with Crippen LogP contribution in [0.4, 0.5) is 0 Å². The summed E-state index contributed by atoms with van der Waals surface area (Å²) in [5.74, 6) is 0.202. The van der Waals surface area contributed by atoms with Gasteiger partial charge in [-0.2, -0.15) is 0 Å². The minimum absolute atomic E-state index is 0.178. The van der Waals surface area contributed by atoms with E-state index in [0.717, 1.165) is 35.2 Å². The number of nitrogens with one attached hydrogen (secondary N) is 1. The summed E-state index contributed by atoms with van der Waals surface area (Å²) >= 11 is 5.14. The molecule has 2 aliphatic rings. The van der Waals surface area contributed by atoms with E-state index in [1.807, 2.05) is 5.38 Å². The minimum Gasteiger partial charge on any atom is -0.356 e. The minimum atomic E-state index is 0.178. The lowest BCUT2D eigenvalue weighted by atomic mass is 9.91. The van der Waals surface area contributed by atoms with E-state index in [1.165, 1.54) is 27.7 Å². The molecule has 3 nitrogen and oxygen atoms in total. The zero-order valence-electron chi connectivity index (χ0n) is 12.4. The van der Waals surface area contributed by atoms with E-state index in [9.17, 15) is 4.79 Å². The number of halogens is 1. The molecule has 3 heterocycles. The number of rotatable bonds is 1. The fourth-order valence-corrected chi connectivity index (χ4v) is 5.24. The van der Waals surface area contributed by atoms with Gasteiger partial charge in [-0.25, -0.2) is 0 Å². The average Bonchev–Trinajstić information content (AvgIpc) is 3.22. The SMILES string of the molecule is O=C1c2sccc2CN1C1CCCc2c1[nH]c1ccc(Br)cc21. The number of aromatic amines is 1. The zero-order chi connectivity index (χ0) is 15.6. The first-order valence-electron chi connectivity index (χ1n) is 7.90. The first kappa shape index (κ1) is 13.8. The Morgan fingerprint density at radius 1 is 1.30 bits per heavy atom. The Hall–Kier alpha value is -1.59. The summed E-state index contributed by atoms with van der Waals surface area (Å²) in [6.45, 7) is 0.751. The molecule has 1 atom stereocenters. The molecule has 1 amide bonds. The third-order valence-corrected chi connectivity index (χ3v) is 6.50. The third kappa shape index (κ3) is 1.96. The fraction of sp³-hybridized carbons (Fsp3) is 0.278. The van der Waals surface area contributed by atoms with Gasteiger partial charge in [0.1, 0.15) is 0 Å². The highest BCUT2D eigenvalue weighted by Gasteiger charge is 2.37. The number of amides is 1. The van der Waals surface area contributed by atoms with Gasteiger partial charge < -0.3 is 9.88 Å². The number of fused-ring (bicyclic) bond motifs is 4. The van der Waals surface area contributed by atoms with Gasteiger partial charge in [-0.3, -0.25) is 4.79 Å². The number of nitrogens with zero attached hydrogens (tertiary/aromatic N) is 1. The first-order valence-corrected chi connectivity index (χ1v) is 9.57. The summed E-state index contributed by atoms with van der Waals surface area (Å²) in [7, 11) is 0. The van der Waals surface area contributed by atoms with Crippen molar-refractivity contribution in [3.05, 3.63) is 55.8 Å². The number of benzene rings is 1. The van der Waals surface area contributed by atoms with Crippen molar-refractivity contribution in [1.29, 1.82) is 0 Å². The topological polar surface area (TPSA) is 36.1 Å². The summed E-state index contributed by atoms with van der Waals surface area (Å²) in [4.78, 5) is 19.3. The fourth-order valence-electron chi connectivity index (χ4n) is 4.01. The van der Waals surface area contributed by atoms with Crippen LogP contribution >= 0.6 is 27.3 Å². The molecule has 1 aromatic carbocycles. The van der Waals surface area contributed by atoms with Crippen molar-refractivity contribution in [3.8, 4) is 0 Å². The lowest BCUT2D eigenvalue weighted by molar-refractivity contribution is 0.0682. The van der Waals surface area contributed by atoms with E-state index < -0.39 is 0 Å². The number of carbonyl (C=O) groups is 1. The normalized spacial score (nSPS) is 20.1. The number of H-pyrrole nitrogens is 1. The van der Waals surface area contributed by atoms with Crippen LogP contribution in [0.25, 0.3) is 10.9 Å². The van der Waals surface area contributed by atoms with Crippen LogP contribution in [0, 0.1) is 0 Å². The van der Waals surface area contributed by atoms with Crippen molar-refractivity contribution in [1.82, 2.24) is 9.88 Å². The molecular weight excluding hydrogens is 372 g/mol. The van der Waals surface area contributed by atoms with Crippen LogP contribution in [0.5, 0.6) is 0 Å². The van der Waals surface area contributed by atoms with Gasteiger partial charge in [0.25, 0.3) is 5.91 Å². The molecule has 1 aliphatic carbocycles. The predicted octanol–water partition coefficient (Wildman–Crippen LogP) is 5.03. The molecule has 0 bridgehead atoms. The number of hydrogen-bond acceptors (Lipinski definition) is 2. The Kier molecular flexibility index (Phi) is 2.97. The molecular formula is C18H15BrN2OS. The number of thiophene rings is 1. The molecule has 5 heteroatoms. The largest absolute Gasteiger partial charge is 0.356 e. The Bertz CT molecular complexity index is 942. The van der Waals surface area contributed by atoms with Crippen molar-refractivity contribution < 1.29 is 4.79 Å². The Morgan fingerprint density at radius 3 is 3.09 bits per heavy atom. The molecule has 116 valence electrons. The van der Waals surface area contributed by atoms with Crippen LogP contribution in [-0.2, 0) is 13.0 Å². The van der Waals surface area contributed by atoms with Gasteiger partial charge in [0.2, 0.25) is 0 Å². The summed E-state index contributed by atoms with van der Waals surface area (Å²) in [6.07, 6.45) is 3.27. The molecule has 1 aliphatic heterocycles. The van der Waals surface area contributed by atoms with Crippen LogP contribution in [0.1, 0.15) is 45.4 Å². The standard InChI is InChI=1S/C18H15BrN2OS/c19-11-4-5-14-13(8-11)12-2-1-3-15(16(12)20-14)21-9-10-6-7-23-17(10)18(21)22/h4-8,15,20H,1-3,9H2. The number of aromatic nitrogens is 1. The van der Waals surface area contributed by atoms with Gasteiger partial charge in [0.05, 0.1) is 10.9 Å². The van der Waals surface area contributed by atoms with Crippen LogP contribution in [0.15, 0.2) is 34.1 Å². The second-order valence-electron chi connectivity index (χ2n) is 6.32. The van der Waals surface area contributed by atoms with E-state index in [1.54, 1.807) is 11.3 Å². The van der Waals surface area contributed by atoms with Crippen molar-refractivity contribution in [3.63, 3.8) is 0 Å². The Morgan fingerprint density at radius 2 is 2.22 bits per heavy atom. The monoisotopic (exact) mass is 386 g/mol. The van der Waals surface area contributed by atoms with Gasteiger partial charge in [0, 0.05) is 27.6 Å². The highest BCUT2D eigenvalue weighted by molar-refractivity contribution is 9.10. The van der Waals surface area contributed by atoms with E-state index in [2.05, 4.69) is 50.1 Å². The van der Waals surface area contributed by atoms with Gasteiger partial charge in [-0.1, -0.05) is 15.9 Å². The predicted molar refractivity (Wildman–Crippen MR) is 95.9 cm³/mol. The molecule has 0 saturated carbocycles. The quantitative estimate of drug-likeness (QED) is 0.625. The maximum Gasteiger partial charge on any atom is 0.265 e. The van der Waals surface area contributed by atoms with E-state index >= 15 is 0 Å². The van der Waals surface area contributed by atoms with Crippen LogP contribution in [0.3, 0.4) is 0 Å². The lowest BCUT2D eigenvalue weighted by Gasteiger charge is -2.31. The molecule has 23 heavy (non-hydrogen) atoms. The van der Waals surface area contributed by atoms with Crippen molar-refractivity contribution in [2.75, 3.05) is 0 Å². The summed E-state index contributed by atoms with van der Waals surface area (Å²) in [5, 5.41) is 3.31. The zero-order valence-corrected chi connectivity index (χ0v) is 14.8. The van der Waals surface area contributed by atoms with E-state index in [0.29, 0.717) is 0 Å². The molecule has 5 rings (SSSR count). The summed E-state index contributed by atoms with van der Waals surface area (Å²) in [5.41, 5.74) is 4.99. The molecule has 0 radical (unpaired) electrons. The number of hydrogen-bond donors (Lipinski definition) is 1. The smallest absolute Gasteiger partial charge is 0.265 e. The van der Waals surface area contributed by atoms with Crippen LogP contribution in [-0.4, -0.2) is 15.8 Å². The van der Waals surface area contributed by atoms with E-state index in [4.69, 9.17) is 0 Å². The number of aryl methyl sites for hydroxylation is 1. The summed E-state index contributed by atoms with van der Waals surface area (Å²) < 4.78 is 1.10. The average molecular weight is 387 g/mol. The first-order chi connectivity index (χ1) is 11.2. The highest BCUT2D eigenvalue weighted by atomic mass is 79.9. The number of carbonyl (C=O) groups excluding carboxylic acids is 1. The second kappa shape index (κ2) is 4.95. The van der Waals surface area contributed by atoms with Crippen molar-refractivity contribution in [2.24, 2.45) is 0 Å². The second-order valence-corrected chi connectivity index (χ2v) is 8.15. The van der Waals surface area contributed by atoms with E-state index in [-0.39, 0.29) is 11.9 Å². The molecule has 3 aromatic rings. The van der Waals surface area contributed by atoms with Crippen LogP contribution < -0.4 is 0 Å². The summed E-state index contributed by atoms with van der Waals surface area (Å²) in [6, 6.07) is 8.64. The van der Waals surface area contributed by atoms with Gasteiger partial charge in [-0.05, 0) is 60.0 Å². The van der Waals surface area contributed by atoms with Gasteiger partial charge >= 0.3 is 0 Å². The lowest BCUT2D eigenvalue weighted by Crippen LogP contribution is -2.31. The highest BCUT2D eigenvalue weighted by Crippen LogP contribution is 2.42. The maximum atomic E-state index is 12.8. The Balaban J connectivity index is 1.61. The van der Waals surface area contributed by atoms with Gasteiger partial charge in [-0.15, -0.1) is 11.3 Å². The van der Waals surface area contributed by atoms with Crippen molar-refractivity contribution >= 4 is 44.1 Å². The maximum absolute atomic E-state index is 12.8. The molecule has 1 unspecified atom stereocenters.